The maximum Gasteiger partial charge on any atom is 0.506 e. The van der Waals surface area contributed by atoms with E-state index >= 15 is 0 Å². The van der Waals surface area contributed by atoms with E-state index in [1.807, 2.05) is 0 Å². The summed E-state index contributed by atoms with van der Waals surface area (Å²) in [6, 6.07) is 7.00. The van der Waals surface area contributed by atoms with Crippen LogP contribution in [-0.2, 0) is 11.3 Å². The van der Waals surface area contributed by atoms with Crippen molar-refractivity contribution in [3.8, 4) is 5.75 Å². The quantitative estimate of drug-likeness (QED) is 0.725. The van der Waals surface area contributed by atoms with E-state index in [0.717, 1.165) is 11.3 Å². The van der Waals surface area contributed by atoms with E-state index < -0.39 is 6.16 Å². The van der Waals surface area contributed by atoms with Crippen LogP contribution in [-0.4, -0.2) is 18.4 Å². The Morgan fingerprint density at radius 2 is 2.00 bits per heavy atom. The Morgan fingerprint density at radius 1 is 1.38 bits per heavy atom. The molecular formula is C9H10O4. The first-order chi connectivity index (χ1) is 6.22. The predicted molar refractivity (Wildman–Crippen MR) is 45.8 cm³/mol. The van der Waals surface area contributed by atoms with Gasteiger partial charge in [-0.1, -0.05) is 12.1 Å². The summed E-state index contributed by atoms with van der Waals surface area (Å²) in [5.74, 6) is 0.735. The Balaban J connectivity index is 2.54. The largest absolute Gasteiger partial charge is 0.506 e. The molecule has 13 heavy (non-hydrogen) atoms. The number of ether oxygens (including phenoxy) is 2. The van der Waals surface area contributed by atoms with Crippen molar-refractivity contribution >= 4 is 6.16 Å². The molecule has 1 rings (SSSR count). The van der Waals surface area contributed by atoms with E-state index in [1.54, 1.807) is 31.4 Å². The third-order valence-corrected chi connectivity index (χ3v) is 1.52. The van der Waals surface area contributed by atoms with E-state index in [9.17, 15) is 4.79 Å². The molecule has 0 radical (unpaired) electrons. The number of carboxylic acid groups (broad SMARTS) is 1. The molecule has 1 aromatic rings. The summed E-state index contributed by atoms with van der Waals surface area (Å²) in [5, 5.41) is 8.23. The summed E-state index contributed by atoms with van der Waals surface area (Å²) in [6.45, 7) is 0.0688. The SMILES string of the molecule is COc1ccc(COC(=O)O)cc1. The molecule has 0 aliphatic carbocycles. The Bertz CT molecular complexity index is 278. The van der Waals surface area contributed by atoms with Gasteiger partial charge in [0.2, 0.25) is 0 Å². The van der Waals surface area contributed by atoms with Crippen molar-refractivity contribution in [3.05, 3.63) is 29.8 Å². The van der Waals surface area contributed by atoms with Gasteiger partial charge >= 0.3 is 6.16 Å². The summed E-state index contributed by atoms with van der Waals surface area (Å²) >= 11 is 0. The van der Waals surface area contributed by atoms with Gasteiger partial charge in [0.15, 0.2) is 0 Å². The van der Waals surface area contributed by atoms with Crippen LogP contribution in [0.2, 0.25) is 0 Å². The molecule has 4 nitrogen and oxygen atoms in total. The van der Waals surface area contributed by atoms with Crippen molar-refractivity contribution < 1.29 is 19.4 Å². The molecule has 0 unspecified atom stereocenters. The van der Waals surface area contributed by atoms with Gasteiger partial charge < -0.3 is 14.6 Å². The monoisotopic (exact) mass is 182 g/mol. The minimum atomic E-state index is -1.27. The number of rotatable bonds is 3. The highest BCUT2D eigenvalue weighted by molar-refractivity contribution is 5.56. The maximum absolute atomic E-state index is 10.0. The van der Waals surface area contributed by atoms with Crippen LogP contribution in [0.1, 0.15) is 5.56 Å². The topological polar surface area (TPSA) is 55.8 Å². The highest BCUT2D eigenvalue weighted by Crippen LogP contribution is 2.11. The van der Waals surface area contributed by atoms with Gasteiger partial charge in [0.1, 0.15) is 12.4 Å². The lowest BCUT2D eigenvalue weighted by Crippen LogP contribution is -1.99. The minimum Gasteiger partial charge on any atom is -0.497 e. The molecule has 4 heteroatoms. The third-order valence-electron chi connectivity index (χ3n) is 1.52. The van der Waals surface area contributed by atoms with Crippen LogP contribution in [0.3, 0.4) is 0 Å². The second-order valence-electron chi connectivity index (χ2n) is 2.40. The fourth-order valence-electron chi connectivity index (χ4n) is 0.867. The Morgan fingerprint density at radius 3 is 2.46 bits per heavy atom. The lowest BCUT2D eigenvalue weighted by molar-refractivity contribution is 0.0854. The zero-order valence-electron chi connectivity index (χ0n) is 7.19. The molecule has 0 amide bonds. The van der Waals surface area contributed by atoms with Crippen LogP contribution in [0, 0.1) is 0 Å². The maximum atomic E-state index is 10.0. The highest BCUT2D eigenvalue weighted by atomic mass is 16.7. The van der Waals surface area contributed by atoms with Crippen LogP contribution in [0.4, 0.5) is 4.79 Å². The first-order valence-corrected chi connectivity index (χ1v) is 3.71. The molecule has 0 aromatic heterocycles. The van der Waals surface area contributed by atoms with Gasteiger partial charge in [-0.25, -0.2) is 4.79 Å². The molecule has 0 aliphatic rings. The van der Waals surface area contributed by atoms with E-state index in [4.69, 9.17) is 9.84 Å². The average molecular weight is 182 g/mol. The molecule has 0 heterocycles. The molecule has 0 aliphatic heterocycles. The lowest BCUT2D eigenvalue weighted by Gasteiger charge is -2.02. The van der Waals surface area contributed by atoms with Crippen molar-refractivity contribution in [2.24, 2.45) is 0 Å². The average Bonchev–Trinajstić information content (AvgIpc) is 2.15. The molecule has 0 saturated carbocycles. The Hall–Kier alpha value is -1.71. The van der Waals surface area contributed by atoms with Crippen molar-refractivity contribution in [1.29, 1.82) is 0 Å². The second-order valence-corrected chi connectivity index (χ2v) is 2.40. The molecule has 0 atom stereocenters. The van der Waals surface area contributed by atoms with E-state index in [0.29, 0.717) is 0 Å². The molecule has 1 aromatic carbocycles. The molecule has 0 saturated heterocycles. The Kier molecular flexibility index (Phi) is 3.14. The predicted octanol–water partition coefficient (Wildman–Crippen LogP) is 1.89. The number of carbonyl (C=O) groups is 1. The summed E-state index contributed by atoms with van der Waals surface area (Å²) in [7, 11) is 1.57. The van der Waals surface area contributed by atoms with E-state index in [2.05, 4.69) is 4.74 Å². The molecular weight excluding hydrogens is 172 g/mol. The summed E-state index contributed by atoms with van der Waals surface area (Å²) in [5.41, 5.74) is 0.795. The fraction of sp³-hybridized carbons (Fsp3) is 0.222. The zero-order valence-corrected chi connectivity index (χ0v) is 7.19. The van der Waals surface area contributed by atoms with Crippen molar-refractivity contribution in [1.82, 2.24) is 0 Å². The summed E-state index contributed by atoms with van der Waals surface area (Å²) < 4.78 is 9.31. The van der Waals surface area contributed by atoms with Gasteiger partial charge in [-0.15, -0.1) is 0 Å². The zero-order chi connectivity index (χ0) is 9.68. The molecule has 0 bridgehead atoms. The highest BCUT2D eigenvalue weighted by Gasteiger charge is 1.98. The fourth-order valence-corrected chi connectivity index (χ4v) is 0.867. The molecule has 70 valence electrons. The van der Waals surface area contributed by atoms with Crippen LogP contribution in [0.25, 0.3) is 0 Å². The van der Waals surface area contributed by atoms with Crippen molar-refractivity contribution in [3.63, 3.8) is 0 Å². The van der Waals surface area contributed by atoms with Crippen LogP contribution in [0.5, 0.6) is 5.75 Å². The van der Waals surface area contributed by atoms with Crippen LogP contribution >= 0.6 is 0 Å². The smallest absolute Gasteiger partial charge is 0.497 e. The van der Waals surface area contributed by atoms with Crippen LogP contribution < -0.4 is 4.74 Å². The Labute approximate surface area is 75.7 Å². The van der Waals surface area contributed by atoms with Gasteiger partial charge in [0.05, 0.1) is 7.11 Å². The van der Waals surface area contributed by atoms with E-state index in [-0.39, 0.29) is 6.61 Å². The molecule has 1 N–H and O–H groups in total. The second kappa shape index (κ2) is 4.35. The standard InChI is InChI=1S/C9H10O4/c1-12-8-4-2-7(3-5-8)6-13-9(10)11/h2-5H,6H2,1H3,(H,10,11). The van der Waals surface area contributed by atoms with Gasteiger partial charge in [-0.3, -0.25) is 0 Å². The van der Waals surface area contributed by atoms with Gasteiger partial charge in [0, 0.05) is 0 Å². The number of hydrogen-bond donors (Lipinski definition) is 1. The lowest BCUT2D eigenvalue weighted by atomic mass is 10.2. The number of methoxy groups -OCH3 is 1. The van der Waals surface area contributed by atoms with Crippen molar-refractivity contribution in [2.45, 2.75) is 6.61 Å². The normalized spacial score (nSPS) is 9.31. The van der Waals surface area contributed by atoms with Crippen LogP contribution in [0.15, 0.2) is 24.3 Å². The number of benzene rings is 1. The first-order valence-electron chi connectivity index (χ1n) is 3.71. The first kappa shape index (κ1) is 9.38. The number of hydrogen-bond acceptors (Lipinski definition) is 3. The van der Waals surface area contributed by atoms with Gasteiger partial charge in [-0.2, -0.15) is 0 Å². The molecule has 0 fully saturated rings. The van der Waals surface area contributed by atoms with Gasteiger partial charge in [0.25, 0.3) is 0 Å². The minimum absolute atomic E-state index is 0.0688. The summed E-state index contributed by atoms with van der Waals surface area (Å²) in [4.78, 5) is 10.0. The third kappa shape index (κ3) is 3.02. The van der Waals surface area contributed by atoms with Crippen molar-refractivity contribution in [2.75, 3.05) is 7.11 Å². The van der Waals surface area contributed by atoms with Gasteiger partial charge in [-0.05, 0) is 17.7 Å². The molecule has 0 spiro atoms. The van der Waals surface area contributed by atoms with E-state index in [1.165, 1.54) is 0 Å². The summed E-state index contributed by atoms with van der Waals surface area (Å²) in [6.07, 6.45) is -1.27.